The molecule has 0 bridgehead atoms. The standard InChI is InChI=1S/C27H30FN7O5S/c1-15-21-23(37)34(16(2)22(36)30-5)26(38)33(25(21)41-24(15)35-31-9-10-32-35)12-20(40-14-27(3,4)13-29)18-11-17(28)7-8-19(18)39-6/h7-11,16,20H,12,14H2,1-6H3,(H,30,36)/t16-,20+/m1/s1. The van der Waals surface area contributed by atoms with Gasteiger partial charge in [-0.15, -0.1) is 4.80 Å². The summed E-state index contributed by atoms with van der Waals surface area (Å²) in [6.45, 7) is 6.30. The second-order valence-corrected chi connectivity index (χ2v) is 11.0. The number of likely N-dealkylation sites (N-methyl/N-ethyl adjacent to an activating group) is 1. The number of thiophene rings is 1. The highest BCUT2D eigenvalue weighted by Crippen LogP contribution is 2.35. The number of nitriles is 1. The minimum absolute atomic E-state index is 0.0497. The summed E-state index contributed by atoms with van der Waals surface area (Å²) in [5, 5.41) is 21.1. The van der Waals surface area contributed by atoms with Gasteiger partial charge < -0.3 is 14.8 Å². The molecule has 0 aliphatic rings. The summed E-state index contributed by atoms with van der Waals surface area (Å²) in [5.74, 6) is -0.776. The van der Waals surface area contributed by atoms with Gasteiger partial charge >= 0.3 is 5.69 Å². The van der Waals surface area contributed by atoms with Crippen LogP contribution in [0.25, 0.3) is 15.2 Å². The topological polar surface area (TPSA) is 146 Å². The molecule has 0 spiro atoms. The lowest BCUT2D eigenvalue weighted by Crippen LogP contribution is -2.46. The Morgan fingerprint density at radius 1 is 1.27 bits per heavy atom. The minimum Gasteiger partial charge on any atom is -0.496 e. The van der Waals surface area contributed by atoms with Gasteiger partial charge in [0.15, 0.2) is 0 Å². The van der Waals surface area contributed by atoms with Gasteiger partial charge in [-0.1, -0.05) is 11.3 Å². The SMILES string of the molecule is CNC(=O)[C@@H](C)n1c(=O)c2c(C)c(-n3nccn3)sc2n(C[C@H](OCC(C)(C)C#N)c2cc(F)ccc2OC)c1=O. The molecule has 0 saturated carbocycles. The summed E-state index contributed by atoms with van der Waals surface area (Å²) in [6, 6.07) is 4.95. The number of hydrogen-bond acceptors (Lipinski definition) is 9. The molecule has 3 aromatic heterocycles. The van der Waals surface area contributed by atoms with Gasteiger partial charge in [-0.05, 0) is 45.9 Å². The molecular weight excluding hydrogens is 553 g/mol. The van der Waals surface area contributed by atoms with Crippen LogP contribution < -0.4 is 21.3 Å². The third kappa shape index (κ3) is 5.63. The van der Waals surface area contributed by atoms with E-state index in [1.54, 1.807) is 20.8 Å². The van der Waals surface area contributed by atoms with Gasteiger partial charge in [0.05, 0.1) is 49.5 Å². The molecule has 0 aliphatic heterocycles. The van der Waals surface area contributed by atoms with Crippen molar-refractivity contribution in [2.45, 2.75) is 46.4 Å². The van der Waals surface area contributed by atoms with Gasteiger partial charge in [0.1, 0.15) is 33.5 Å². The molecule has 1 amide bonds. The van der Waals surface area contributed by atoms with Crippen LogP contribution in [0.15, 0.2) is 40.2 Å². The first-order chi connectivity index (χ1) is 19.4. The minimum atomic E-state index is -1.14. The molecule has 0 aliphatic carbocycles. The van der Waals surface area contributed by atoms with Crippen molar-refractivity contribution in [1.82, 2.24) is 29.4 Å². The summed E-state index contributed by atoms with van der Waals surface area (Å²) in [4.78, 5) is 42.0. The van der Waals surface area contributed by atoms with Gasteiger partial charge in [-0.25, -0.2) is 13.8 Å². The van der Waals surface area contributed by atoms with Gasteiger partial charge in [0, 0.05) is 18.2 Å². The number of aryl methyl sites for hydroxylation is 1. The summed E-state index contributed by atoms with van der Waals surface area (Å²) in [7, 11) is 2.84. The number of fused-ring (bicyclic) bond motifs is 1. The van der Waals surface area contributed by atoms with Crippen LogP contribution in [-0.4, -0.2) is 50.8 Å². The monoisotopic (exact) mass is 583 g/mol. The van der Waals surface area contributed by atoms with E-state index in [2.05, 4.69) is 21.6 Å². The van der Waals surface area contributed by atoms with Crippen LogP contribution in [0, 0.1) is 29.5 Å². The van der Waals surface area contributed by atoms with Gasteiger partial charge in [0.2, 0.25) is 5.91 Å². The maximum absolute atomic E-state index is 14.5. The molecule has 0 fully saturated rings. The van der Waals surface area contributed by atoms with Crippen LogP contribution >= 0.6 is 11.3 Å². The van der Waals surface area contributed by atoms with Crippen LogP contribution in [0.1, 0.15) is 44.0 Å². The first kappa shape index (κ1) is 29.6. The van der Waals surface area contributed by atoms with Crippen molar-refractivity contribution in [3.8, 4) is 16.8 Å². The highest BCUT2D eigenvalue weighted by Gasteiger charge is 2.30. The van der Waals surface area contributed by atoms with E-state index < -0.39 is 40.5 Å². The molecular formula is C27H30FN7O5S. The third-order valence-corrected chi connectivity index (χ3v) is 7.95. The van der Waals surface area contributed by atoms with E-state index in [4.69, 9.17) is 9.47 Å². The zero-order valence-corrected chi connectivity index (χ0v) is 24.3. The predicted octanol–water partition coefficient (Wildman–Crippen LogP) is 2.88. The Bertz CT molecular complexity index is 1750. The van der Waals surface area contributed by atoms with Crippen molar-refractivity contribution in [1.29, 1.82) is 5.26 Å². The smallest absolute Gasteiger partial charge is 0.332 e. The Kier molecular flexibility index (Phi) is 8.41. The molecule has 4 aromatic rings. The van der Waals surface area contributed by atoms with Crippen molar-refractivity contribution in [2.75, 3.05) is 20.8 Å². The van der Waals surface area contributed by atoms with Crippen LogP contribution in [0.4, 0.5) is 4.39 Å². The van der Waals surface area contributed by atoms with E-state index in [0.717, 1.165) is 15.9 Å². The van der Waals surface area contributed by atoms with E-state index >= 15 is 0 Å². The second kappa shape index (κ2) is 11.6. The normalized spacial score (nSPS) is 13.1. The number of nitrogens with zero attached hydrogens (tertiary/aromatic N) is 6. The molecule has 0 radical (unpaired) electrons. The van der Waals surface area contributed by atoms with Crippen molar-refractivity contribution >= 4 is 27.5 Å². The summed E-state index contributed by atoms with van der Waals surface area (Å²) in [5.41, 5.74) is -1.48. The molecule has 216 valence electrons. The first-order valence-corrected chi connectivity index (χ1v) is 13.5. The van der Waals surface area contributed by atoms with Gasteiger partial charge in [0.25, 0.3) is 5.56 Å². The number of carbonyl (C=O) groups excluding carboxylic acids is 1. The fourth-order valence-corrected chi connectivity index (χ4v) is 5.62. The number of rotatable bonds is 10. The number of carbonyl (C=O) groups is 1. The average Bonchev–Trinajstić information content (AvgIpc) is 3.60. The van der Waals surface area contributed by atoms with Gasteiger partial charge in [-0.3, -0.25) is 14.2 Å². The molecule has 2 atom stereocenters. The maximum Gasteiger partial charge on any atom is 0.332 e. The number of methoxy groups -OCH3 is 1. The molecule has 41 heavy (non-hydrogen) atoms. The van der Waals surface area contributed by atoms with Crippen molar-refractivity contribution < 1.29 is 18.7 Å². The van der Waals surface area contributed by atoms with Crippen molar-refractivity contribution in [3.05, 3.63) is 68.4 Å². The summed E-state index contributed by atoms with van der Waals surface area (Å²) in [6.07, 6.45) is 1.99. The summed E-state index contributed by atoms with van der Waals surface area (Å²) < 4.78 is 28.3. The van der Waals surface area contributed by atoms with Crippen molar-refractivity contribution in [2.24, 2.45) is 5.41 Å². The number of ether oxygens (including phenoxy) is 2. The zero-order valence-electron chi connectivity index (χ0n) is 23.5. The maximum atomic E-state index is 14.5. The summed E-state index contributed by atoms with van der Waals surface area (Å²) >= 11 is 1.12. The Labute approximate surface area is 238 Å². The number of aromatic nitrogens is 5. The fraction of sp³-hybridized carbons (Fsp3) is 0.407. The van der Waals surface area contributed by atoms with Crippen molar-refractivity contribution in [3.63, 3.8) is 0 Å². The number of nitrogens with one attached hydrogen (secondary N) is 1. The van der Waals surface area contributed by atoms with Crippen LogP contribution in [0.5, 0.6) is 5.75 Å². The highest BCUT2D eigenvalue weighted by atomic mass is 32.1. The molecule has 14 heteroatoms. The highest BCUT2D eigenvalue weighted by molar-refractivity contribution is 7.21. The lowest BCUT2D eigenvalue weighted by Gasteiger charge is -2.26. The van der Waals surface area contributed by atoms with E-state index in [1.165, 1.54) is 61.0 Å². The molecule has 3 heterocycles. The van der Waals surface area contributed by atoms with Crippen LogP contribution in [0.2, 0.25) is 0 Å². The van der Waals surface area contributed by atoms with E-state index in [0.29, 0.717) is 26.7 Å². The van der Waals surface area contributed by atoms with Crippen LogP contribution in [0.3, 0.4) is 0 Å². The quantitative estimate of drug-likeness (QED) is 0.300. The lowest BCUT2D eigenvalue weighted by atomic mass is 9.97. The molecule has 0 saturated heterocycles. The second-order valence-electron chi connectivity index (χ2n) is 10.1. The number of benzene rings is 1. The Hall–Kier alpha value is -4.35. The van der Waals surface area contributed by atoms with Crippen LogP contribution in [-0.2, 0) is 16.1 Å². The van der Waals surface area contributed by atoms with Gasteiger partial charge in [-0.2, -0.15) is 15.5 Å². The Morgan fingerprint density at radius 3 is 2.56 bits per heavy atom. The molecule has 12 nitrogen and oxygen atoms in total. The largest absolute Gasteiger partial charge is 0.496 e. The fourth-order valence-electron chi connectivity index (χ4n) is 4.40. The number of halogens is 1. The molecule has 4 rings (SSSR count). The zero-order chi connectivity index (χ0) is 30.1. The Morgan fingerprint density at radius 2 is 1.95 bits per heavy atom. The van der Waals surface area contributed by atoms with E-state index in [-0.39, 0.29) is 18.5 Å². The lowest BCUT2D eigenvalue weighted by molar-refractivity contribution is -0.123. The average molecular weight is 584 g/mol. The predicted molar refractivity (Wildman–Crippen MR) is 150 cm³/mol. The molecule has 1 N–H and O–H groups in total. The third-order valence-electron chi connectivity index (χ3n) is 6.67. The Balaban J connectivity index is 2.01. The van der Waals surface area contributed by atoms with E-state index in [1.807, 2.05) is 0 Å². The molecule has 1 aromatic carbocycles. The molecule has 0 unspecified atom stereocenters. The van der Waals surface area contributed by atoms with E-state index in [9.17, 15) is 24.0 Å². The number of hydrogen-bond donors (Lipinski definition) is 1. The number of amides is 1. The first-order valence-electron chi connectivity index (χ1n) is 12.7.